The van der Waals surface area contributed by atoms with E-state index in [9.17, 15) is 26.7 Å². The first-order chi connectivity index (χ1) is 15.7. The van der Waals surface area contributed by atoms with Gasteiger partial charge in [0.1, 0.15) is 11.6 Å². The highest BCUT2D eigenvalue weighted by Crippen LogP contribution is 2.33. The maximum absolute atomic E-state index is 13.7. The van der Waals surface area contributed by atoms with Crippen LogP contribution in [0.25, 0.3) is 5.69 Å². The van der Waals surface area contributed by atoms with Crippen molar-refractivity contribution in [1.29, 1.82) is 0 Å². The van der Waals surface area contributed by atoms with Gasteiger partial charge in [0.25, 0.3) is 5.91 Å². The molecule has 0 saturated carbocycles. The van der Waals surface area contributed by atoms with E-state index >= 15 is 0 Å². The molecule has 1 amide bonds. The number of nitrogens with one attached hydrogen (secondary N) is 1. The molecule has 33 heavy (non-hydrogen) atoms. The van der Waals surface area contributed by atoms with Gasteiger partial charge in [0.05, 0.1) is 5.69 Å². The number of aromatic nitrogens is 3. The molecule has 6 nitrogen and oxygen atoms in total. The van der Waals surface area contributed by atoms with Crippen molar-refractivity contribution in [1.82, 2.24) is 25.2 Å². The lowest BCUT2D eigenvalue weighted by atomic mass is 10.0. The summed E-state index contributed by atoms with van der Waals surface area (Å²) in [5, 5.41) is 9.58. The maximum atomic E-state index is 13.7. The van der Waals surface area contributed by atoms with Crippen molar-refractivity contribution in [2.24, 2.45) is 0 Å². The molecule has 0 spiro atoms. The highest BCUT2D eigenvalue weighted by atomic mass is 19.4. The van der Waals surface area contributed by atoms with E-state index in [1.54, 1.807) is 12.1 Å². The standard InChI is InChI=1S/C22H20F5N5O/c23-15-3-1-14(2-4-15)13-31-11-9-17(10-12-31)28-21(33)19-20(22(25,26)27)32(30-29-19)18-7-5-16(24)6-8-18/h1-8,17H,9-13H2,(H,28,33). The van der Waals surface area contributed by atoms with E-state index in [4.69, 9.17) is 0 Å². The van der Waals surface area contributed by atoms with Gasteiger partial charge in [-0.2, -0.15) is 13.2 Å². The topological polar surface area (TPSA) is 63.1 Å². The zero-order valence-electron chi connectivity index (χ0n) is 17.3. The summed E-state index contributed by atoms with van der Waals surface area (Å²) in [6.07, 6.45) is -3.82. The summed E-state index contributed by atoms with van der Waals surface area (Å²) in [7, 11) is 0. The van der Waals surface area contributed by atoms with Gasteiger partial charge in [0.15, 0.2) is 11.4 Å². The number of carbonyl (C=O) groups is 1. The highest BCUT2D eigenvalue weighted by molar-refractivity contribution is 5.93. The van der Waals surface area contributed by atoms with Crippen molar-refractivity contribution in [3.8, 4) is 5.69 Å². The van der Waals surface area contributed by atoms with Gasteiger partial charge in [0, 0.05) is 25.7 Å². The average Bonchev–Trinajstić information content (AvgIpc) is 3.23. The molecule has 0 aliphatic carbocycles. The quantitative estimate of drug-likeness (QED) is 0.580. The van der Waals surface area contributed by atoms with Crippen molar-refractivity contribution in [3.05, 3.63) is 77.1 Å². The second-order valence-corrected chi connectivity index (χ2v) is 7.82. The van der Waals surface area contributed by atoms with Crippen LogP contribution in [0.5, 0.6) is 0 Å². The average molecular weight is 465 g/mol. The Kier molecular flexibility index (Phi) is 6.41. The number of alkyl halides is 3. The number of nitrogens with zero attached hydrogens (tertiary/aromatic N) is 4. The van der Waals surface area contributed by atoms with Crippen LogP contribution in [0.15, 0.2) is 48.5 Å². The molecule has 3 aromatic rings. The molecule has 11 heteroatoms. The minimum atomic E-state index is -4.90. The molecular weight excluding hydrogens is 445 g/mol. The third-order valence-corrected chi connectivity index (χ3v) is 5.47. The van der Waals surface area contributed by atoms with Crippen LogP contribution < -0.4 is 5.32 Å². The molecule has 2 aromatic carbocycles. The fraction of sp³-hybridized carbons (Fsp3) is 0.318. The van der Waals surface area contributed by atoms with Crippen molar-refractivity contribution in [2.75, 3.05) is 13.1 Å². The summed E-state index contributed by atoms with van der Waals surface area (Å²) in [5.74, 6) is -1.89. The Labute approximate surface area is 186 Å². The molecule has 0 bridgehead atoms. The van der Waals surface area contributed by atoms with Crippen molar-refractivity contribution < 1.29 is 26.7 Å². The summed E-state index contributed by atoms with van der Waals surface area (Å²) in [6, 6.07) is 10.1. The number of hydrogen-bond acceptors (Lipinski definition) is 4. The lowest BCUT2D eigenvalue weighted by Gasteiger charge is -2.32. The molecule has 0 atom stereocenters. The Bertz CT molecular complexity index is 1100. The molecule has 4 rings (SSSR count). The predicted octanol–water partition coefficient (Wildman–Crippen LogP) is 3.96. The first-order valence-corrected chi connectivity index (χ1v) is 10.3. The molecule has 1 aromatic heterocycles. The summed E-state index contributed by atoms with van der Waals surface area (Å²) < 4.78 is 67.9. The summed E-state index contributed by atoms with van der Waals surface area (Å²) in [6.45, 7) is 1.86. The van der Waals surface area contributed by atoms with Crippen molar-refractivity contribution in [3.63, 3.8) is 0 Å². The van der Waals surface area contributed by atoms with Gasteiger partial charge < -0.3 is 5.32 Å². The van der Waals surface area contributed by atoms with Crippen LogP contribution in [0.1, 0.15) is 34.6 Å². The van der Waals surface area contributed by atoms with E-state index in [1.807, 2.05) is 0 Å². The van der Waals surface area contributed by atoms with E-state index in [0.29, 0.717) is 37.2 Å². The molecule has 1 fully saturated rings. The highest BCUT2D eigenvalue weighted by Gasteiger charge is 2.42. The van der Waals surface area contributed by atoms with E-state index in [2.05, 4.69) is 20.5 Å². The van der Waals surface area contributed by atoms with E-state index in [-0.39, 0.29) is 17.5 Å². The van der Waals surface area contributed by atoms with E-state index in [0.717, 1.165) is 29.8 Å². The lowest BCUT2D eigenvalue weighted by Crippen LogP contribution is -2.44. The zero-order valence-corrected chi connectivity index (χ0v) is 17.3. The second kappa shape index (κ2) is 9.26. The van der Waals surface area contributed by atoms with Crippen LogP contribution in [0.3, 0.4) is 0 Å². The van der Waals surface area contributed by atoms with Gasteiger partial charge in [-0.25, -0.2) is 13.5 Å². The third-order valence-electron chi connectivity index (χ3n) is 5.47. The third kappa shape index (κ3) is 5.36. The van der Waals surface area contributed by atoms with E-state index in [1.165, 1.54) is 12.1 Å². The normalized spacial score (nSPS) is 15.5. The molecule has 1 saturated heterocycles. The minimum Gasteiger partial charge on any atom is -0.348 e. The Balaban J connectivity index is 1.42. The predicted molar refractivity (Wildman–Crippen MR) is 108 cm³/mol. The molecule has 174 valence electrons. The Hall–Kier alpha value is -3.34. The lowest BCUT2D eigenvalue weighted by molar-refractivity contribution is -0.143. The van der Waals surface area contributed by atoms with Crippen LogP contribution in [0.4, 0.5) is 22.0 Å². The van der Waals surface area contributed by atoms with Crippen LogP contribution >= 0.6 is 0 Å². The van der Waals surface area contributed by atoms with Gasteiger partial charge >= 0.3 is 6.18 Å². The van der Waals surface area contributed by atoms with Gasteiger partial charge in [-0.05, 0) is 54.8 Å². The number of amides is 1. The van der Waals surface area contributed by atoms with Crippen molar-refractivity contribution >= 4 is 5.91 Å². The Morgan fingerprint density at radius 2 is 1.55 bits per heavy atom. The van der Waals surface area contributed by atoms with Crippen molar-refractivity contribution in [2.45, 2.75) is 31.6 Å². The van der Waals surface area contributed by atoms with Gasteiger partial charge in [-0.15, -0.1) is 5.10 Å². The minimum absolute atomic E-state index is 0.0654. The molecule has 0 unspecified atom stereocenters. The van der Waals surface area contributed by atoms with Gasteiger partial charge in [-0.3, -0.25) is 9.69 Å². The maximum Gasteiger partial charge on any atom is 0.435 e. The molecule has 1 N–H and O–H groups in total. The number of piperidine rings is 1. The zero-order chi connectivity index (χ0) is 23.6. The number of carbonyl (C=O) groups excluding carboxylic acids is 1. The number of benzene rings is 2. The number of halogens is 5. The number of likely N-dealkylation sites (tertiary alicyclic amines) is 1. The molecular formula is C22H20F5N5O. The SMILES string of the molecule is O=C(NC1CCN(Cc2ccc(F)cc2)CC1)c1nnn(-c2ccc(F)cc2)c1C(F)(F)F. The van der Waals surface area contributed by atoms with Crippen LogP contribution in [0.2, 0.25) is 0 Å². The van der Waals surface area contributed by atoms with Gasteiger partial charge in [-0.1, -0.05) is 17.3 Å². The number of hydrogen-bond donors (Lipinski definition) is 1. The Morgan fingerprint density at radius 1 is 0.970 bits per heavy atom. The molecule has 2 heterocycles. The van der Waals surface area contributed by atoms with Crippen LogP contribution in [-0.2, 0) is 12.7 Å². The fourth-order valence-corrected chi connectivity index (χ4v) is 3.79. The summed E-state index contributed by atoms with van der Waals surface area (Å²) in [4.78, 5) is 14.8. The first-order valence-electron chi connectivity index (χ1n) is 10.3. The smallest absolute Gasteiger partial charge is 0.348 e. The largest absolute Gasteiger partial charge is 0.435 e. The fourth-order valence-electron chi connectivity index (χ4n) is 3.79. The van der Waals surface area contributed by atoms with Gasteiger partial charge in [0.2, 0.25) is 0 Å². The molecule has 0 radical (unpaired) electrons. The summed E-state index contributed by atoms with van der Waals surface area (Å²) >= 11 is 0. The van der Waals surface area contributed by atoms with Crippen LogP contribution in [-0.4, -0.2) is 44.9 Å². The van der Waals surface area contributed by atoms with Crippen LogP contribution in [0, 0.1) is 11.6 Å². The Morgan fingerprint density at radius 3 is 2.12 bits per heavy atom. The number of rotatable bonds is 5. The first kappa shape index (κ1) is 22.8. The second-order valence-electron chi connectivity index (χ2n) is 7.82. The van der Waals surface area contributed by atoms with E-state index < -0.39 is 29.3 Å². The molecule has 1 aliphatic rings. The molecule has 1 aliphatic heterocycles. The summed E-state index contributed by atoms with van der Waals surface area (Å²) in [5.41, 5.74) is -1.27. The monoisotopic (exact) mass is 465 g/mol.